The van der Waals surface area contributed by atoms with Crippen LogP contribution in [0.5, 0.6) is 0 Å². The summed E-state index contributed by atoms with van der Waals surface area (Å²) in [5, 5.41) is 0. The summed E-state index contributed by atoms with van der Waals surface area (Å²) < 4.78 is 0. The second-order valence-corrected chi connectivity index (χ2v) is 4.98. The van der Waals surface area contributed by atoms with Crippen LogP contribution in [-0.4, -0.2) is 5.78 Å². The maximum absolute atomic E-state index is 11.2. The molecule has 0 spiro atoms. The summed E-state index contributed by atoms with van der Waals surface area (Å²) >= 11 is 0. The van der Waals surface area contributed by atoms with Crippen molar-refractivity contribution in [1.29, 1.82) is 0 Å². The van der Waals surface area contributed by atoms with Gasteiger partial charge in [-0.2, -0.15) is 0 Å². The molecule has 1 heteroatoms. The molecule has 0 fully saturated rings. The van der Waals surface area contributed by atoms with Gasteiger partial charge in [-0.1, -0.05) is 13.0 Å². The zero-order valence-corrected chi connectivity index (χ0v) is 11.3. The quantitative estimate of drug-likeness (QED) is 0.749. The van der Waals surface area contributed by atoms with Crippen LogP contribution < -0.4 is 0 Å². The summed E-state index contributed by atoms with van der Waals surface area (Å²) in [6, 6.07) is 2.23. The van der Waals surface area contributed by atoms with Crippen LogP contribution >= 0.6 is 0 Å². The van der Waals surface area contributed by atoms with Crippen LogP contribution in [0.2, 0.25) is 0 Å². The molecule has 0 saturated heterocycles. The van der Waals surface area contributed by atoms with E-state index in [0.717, 1.165) is 0 Å². The average Bonchev–Trinajstić information content (AvgIpc) is 2.13. The summed E-state index contributed by atoms with van der Waals surface area (Å²) in [5.74, 6) is 0.598. The predicted molar refractivity (Wildman–Crippen MR) is 69.1 cm³/mol. The van der Waals surface area contributed by atoms with Crippen molar-refractivity contribution < 1.29 is 4.79 Å². The van der Waals surface area contributed by atoms with Gasteiger partial charge in [0.15, 0.2) is 0 Å². The van der Waals surface area contributed by atoms with E-state index in [2.05, 4.69) is 40.7 Å². The maximum Gasteiger partial charge on any atom is 0.130 e. The third-order valence-electron chi connectivity index (χ3n) is 3.50. The van der Waals surface area contributed by atoms with Crippen LogP contribution in [0.25, 0.3) is 0 Å². The number of hydrogen-bond acceptors (Lipinski definition) is 1. The minimum Gasteiger partial charge on any atom is -0.300 e. The zero-order chi connectivity index (χ0) is 12.5. The smallest absolute Gasteiger partial charge is 0.130 e. The van der Waals surface area contributed by atoms with Crippen LogP contribution in [0.3, 0.4) is 0 Å². The molecule has 1 aromatic carbocycles. The molecule has 1 rings (SSSR count). The molecule has 0 aliphatic rings. The highest BCUT2D eigenvalue weighted by Crippen LogP contribution is 2.30. The number of aryl methyl sites for hydroxylation is 2. The summed E-state index contributed by atoms with van der Waals surface area (Å²) in [7, 11) is 0. The minimum absolute atomic E-state index is 0.268. The van der Waals surface area contributed by atoms with Gasteiger partial charge in [0.25, 0.3) is 0 Å². The Kier molecular flexibility index (Phi) is 3.90. The standard InChI is InChI=1S/C15H22O/c1-9-7-10(2)15(14(6)13(9)5)11(3)8-12(4)16/h7,11H,8H2,1-6H3. The van der Waals surface area contributed by atoms with Crippen LogP contribution in [0.4, 0.5) is 0 Å². The molecule has 0 saturated carbocycles. The van der Waals surface area contributed by atoms with Crippen molar-refractivity contribution >= 4 is 5.78 Å². The highest BCUT2D eigenvalue weighted by Gasteiger charge is 2.15. The lowest BCUT2D eigenvalue weighted by Crippen LogP contribution is -2.06. The lowest BCUT2D eigenvalue weighted by atomic mass is 9.85. The molecule has 0 amide bonds. The normalized spacial score (nSPS) is 12.6. The average molecular weight is 218 g/mol. The summed E-state index contributed by atoms with van der Waals surface area (Å²) in [4.78, 5) is 11.2. The minimum atomic E-state index is 0.268. The predicted octanol–water partition coefficient (Wildman–Crippen LogP) is 4.00. The number of Topliss-reactive ketones (excluding diaryl/α,β-unsaturated/α-hetero) is 1. The fraction of sp³-hybridized carbons (Fsp3) is 0.533. The molecule has 16 heavy (non-hydrogen) atoms. The summed E-state index contributed by atoms with van der Waals surface area (Å²) in [6.07, 6.45) is 0.643. The third-order valence-corrected chi connectivity index (χ3v) is 3.50. The number of benzene rings is 1. The monoisotopic (exact) mass is 218 g/mol. The number of carbonyl (C=O) groups excluding carboxylic acids is 1. The molecular weight excluding hydrogens is 196 g/mol. The number of rotatable bonds is 3. The molecule has 1 unspecified atom stereocenters. The molecule has 0 aromatic heterocycles. The van der Waals surface area contributed by atoms with E-state index < -0.39 is 0 Å². The van der Waals surface area contributed by atoms with Crippen LogP contribution in [0, 0.1) is 27.7 Å². The van der Waals surface area contributed by atoms with E-state index in [0.29, 0.717) is 12.3 Å². The summed E-state index contributed by atoms with van der Waals surface area (Å²) in [5.41, 5.74) is 6.73. The Morgan fingerprint density at radius 3 is 2.19 bits per heavy atom. The van der Waals surface area contributed by atoms with E-state index in [1.807, 2.05) is 0 Å². The van der Waals surface area contributed by atoms with Gasteiger partial charge >= 0.3 is 0 Å². The van der Waals surface area contributed by atoms with Gasteiger partial charge in [-0.25, -0.2) is 0 Å². The van der Waals surface area contributed by atoms with E-state index in [4.69, 9.17) is 0 Å². The largest absolute Gasteiger partial charge is 0.300 e. The van der Waals surface area contributed by atoms with Crippen molar-refractivity contribution in [1.82, 2.24) is 0 Å². The van der Waals surface area contributed by atoms with Gasteiger partial charge in [0, 0.05) is 6.42 Å². The lowest BCUT2D eigenvalue weighted by Gasteiger charge is -2.20. The fourth-order valence-corrected chi connectivity index (χ4v) is 2.60. The Morgan fingerprint density at radius 1 is 1.12 bits per heavy atom. The highest BCUT2D eigenvalue weighted by atomic mass is 16.1. The zero-order valence-electron chi connectivity index (χ0n) is 11.3. The van der Waals surface area contributed by atoms with Crippen molar-refractivity contribution in [3.05, 3.63) is 33.9 Å². The molecule has 1 nitrogen and oxygen atoms in total. The molecule has 0 heterocycles. The van der Waals surface area contributed by atoms with E-state index >= 15 is 0 Å². The first kappa shape index (κ1) is 13.0. The Labute approximate surface area is 98.9 Å². The fourth-order valence-electron chi connectivity index (χ4n) is 2.60. The van der Waals surface area contributed by atoms with Gasteiger partial charge in [0.2, 0.25) is 0 Å². The molecule has 1 aromatic rings. The SMILES string of the molecule is CC(=O)CC(C)c1c(C)cc(C)c(C)c1C. The van der Waals surface area contributed by atoms with E-state index in [1.54, 1.807) is 6.92 Å². The van der Waals surface area contributed by atoms with Crippen molar-refractivity contribution in [2.75, 3.05) is 0 Å². The van der Waals surface area contributed by atoms with Gasteiger partial charge < -0.3 is 4.79 Å². The third kappa shape index (κ3) is 2.52. The van der Waals surface area contributed by atoms with Gasteiger partial charge in [-0.05, 0) is 68.4 Å². The molecule has 0 aliphatic carbocycles. The molecule has 88 valence electrons. The van der Waals surface area contributed by atoms with Gasteiger partial charge in [-0.3, -0.25) is 0 Å². The van der Waals surface area contributed by atoms with Crippen molar-refractivity contribution in [3.8, 4) is 0 Å². The first-order valence-electron chi connectivity index (χ1n) is 5.91. The van der Waals surface area contributed by atoms with Crippen LogP contribution in [-0.2, 0) is 4.79 Å². The van der Waals surface area contributed by atoms with Crippen LogP contribution in [0.1, 0.15) is 54.0 Å². The van der Waals surface area contributed by atoms with Crippen LogP contribution in [0.15, 0.2) is 6.07 Å². The second kappa shape index (κ2) is 4.82. The molecule has 0 bridgehead atoms. The maximum atomic E-state index is 11.2. The summed E-state index contributed by atoms with van der Waals surface area (Å²) in [6.45, 7) is 12.4. The number of carbonyl (C=O) groups is 1. The lowest BCUT2D eigenvalue weighted by molar-refractivity contribution is -0.117. The second-order valence-electron chi connectivity index (χ2n) is 4.98. The van der Waals surface area contributed by atoms with Gasteiger partial charge in [0.05, 0.1) is 0 Å². The molecule has 1 atom stereocenters. The van der Waals surface area contributed by atoms with Crippen molar-refractivity contribution in [3.63, 3.8) is 0 Å². The Balaban J connectivity index is 3.23. The van der Waals surface area contributed by atoms with E-state index in [1.165, 1.54) is 27.8 Å². The first-order chi connectivity index (χ1) is 7.34. The van der Waals surface area contributed by atoms with E-state index in [9.17, 15) is 4.79 Å². The topological polar surface area (TPSA) is 17.1 Å². The first-order valence-corrected chi connectivity index (χ1v) is 5.91. The molecule has 0 N–H and O–H groups in total. The van der Waals surface area contributed by atoms with Gasteiger partial charge in [0.1, 0.15) is 5.78 Å². The van der Waals surface area contributed by atoms with Crippen molar-refractivity contribution in [2.45, 2.75) is 53.9 Å². The van der Waals surface area contributed by atoms with Crippen molar-refractivity contribution in [2.24, 2.45) is 0 Å². The highest BCUT2D eigenvalue weighted by molar-refractivity contribution is 5.76. The van der Waals surface area contributed by atoms with E-state index in [-0.39, 0.29) is 5.78 Å². The molecule has 0 radical (unpaired) electrons. The Bertz CT molecular complexity index is 416. The Morgan fingerprint density at radius 2 is 1.69 bits per heavy atom. The molecule has 0 aliphatic heterocycles. The Hall–Kier alpha value is -1.11. The number of ketones is 1. The van der Waals surface area contributed by atoms with Gasteiger partial charge in [-0.15, -0.1) is 0 Å². The molecular formula is C15H22O. The number of hydrogen-bond donors (Lipinski definition) is 0.